The predicted octanol–water partition coefficient (Wildman–Crippen LogP) is 5.36. The molecule has 4 bridgehead atoms. The Morgan fingerprint density at radius 3 is 2.43 bits per heavy atom. The van der Waals surface area contributed by atoms with Crippen molar-refractivity contribution in [3.63, 3.8) is 0 Å². The van der Waals surface area contributed by atoms with E-state index in [4.69, 9.17) is 5.10 Å². The number of nitrogens with zero attached hydrogens (tertiary/aromatic N) is 3. The molecule has 4 aliphatic rings. The molecule has 4 aliphatic carbocycles. The first-order valence-electron chi connectivity index (χ1n) is 13.5. The molecule has 184 valence electrons. The van der Waals surface area contributed by atoms with E-state index in [1.807, 2.05) is 24.3 Å². The second kappa shape index (κ2) is 8.65. The molecule has 0 spiro atoms. The zero-order valence-corrected chi connectivity index (χ0v) is 20.9. The van der Waals surface area contributed by atoms with Crippen LogP contribution in [0.4, 0.5) is 0 Å². The van der Waals surface area contributed by atoms with Crippen molar-refractivity contribution in [1.29, 1.82) is 0 Å². The molecular formula is C29H36N4O2. The molecule has 6 heteroatoms. The minimum Gasteiger partial charge on any atom is -0.346 e. The van der Waals surface area contributed by atoms with Gasteiger partial charge in [0.1, 0.15) is 11.2 Å². The summed E-state index contributed by atoms with van der Waals surface area (Å²) in [5.74, 6) is 1.98. The van der Waals surface area contributed by atoms with Gasteiger partial charge in [-0.1, -0.05) is 44.0 Å². The maximum absolute atomic E-state index is 13.6. The highest BCUT2D eigenvalue weighted by molar-refractivity contribution is 5.94. The number of fused-ring (bicyclic) bond motifs is 1. The standard InChI is InChI=1S/C29H36N4O2/c1-3-4-7-10-32-18-24(27(34)30-29-15-20-11-21(16-29)13-22(12-20)17-29)28(35)33-26(32)14-25(31-33)23-9-6-5-8-19(23)2/h5-6,8-9,14,18,20-22H,3-4,7,10-13,15-17H2,1-2H3,(H,30,34). The molecule has 0 unspecified atom stereocenters. The zero-order valence-electron chi connectivity index (χ0n) is 20.9. The van der Waals surface area contributed by atoms with Crippen LogP contribution in [0.25, 0.3) is 16.9 Å². The Morgan fingerprint density at radius 1 is 1.09 bits per heavy atom. The number of aromatic nitrogens is 3. The Hall–Kier alpha value is -2.89. The molecule has 0 saturated heterocycles. The molecule has 6 nitrogen and oxygen atoms in total. The molecular weight excluding hydrogens is 436 g/mol. The lowest BCUT2D eigenvalue weighted by Gasteiger charge is -2.56. The van der Waals surface area contributed by atoms with Crippen LogP contribution in [0.2, 0.25) is 0 Å². The Balaban J connectivity index is 1.38. The minimum absolute atomic E-state index is 0.128. The molecule has 35 heavy (non-hydrogen) atoms. The summed E-state index contributed by atoms with van der Waals surface area (Å²) >= 11 is 0. The third-order valence-corrected chi connectivity index (χ3v) is 8.78. The molecule has 2 heterocycles. The summed E-state index contributed by atoms with van der Waals surface area (Å²) in [5.41, 5.74) is 3.39. The van der Waals surface area contributed by atoms with Gasteiger partial charge in [0.2, 0.25) is 0 Å². The van der Waals surface area contributed by atoms with Crippen LogP contribution in [0.3, 0.4) is 0 Å². The molecule has 0 radical (unpaired) electrons. The first-order valence-corrected chi connectivity index (χ1v) is 13.5. The Bertz CT molecular complexity index is 1300. The molecule has 3 aromatic rings. The summed E-state index contributed by atoms with van der Waals surface area (Å²) in [6, 6.07) is 10.1. The monoisotopic (exact) mass is 472 g/mol. The van der Waals surface area contributed by atoms with Crippen molar-refractivity contribution in [1.82, 2.24) is 19.5 Å². The number of carbonyl (C=O) groups is 1. The van der Waals surface area contributed by atoms with E-state index in [2.05, 4.69) is 29.8 Å². The lowest BCUT2D eigenvalue weighted by atomic mass is 9.53. The smallest absolute Gasteiger partial charge is 0.287 e. The van der Waals surface area contributed by atoms with Crippen molar-refractivity contribution in [2.45, 2.75) is 83.7 Å². The number of unbranched alkanes of at least 4 members (excludes halogenated alkanes) is 2. The highest BCUT2D eigenvalue weighted by Gasteiger charge is 2.51. The van der Waals surface area contributed by atoms with Crippen molar-refractivity contribution in [3.05, 3.63) is 58.0 Å². The molecule has 4 fully saturated rings. The van der Waals surface area contributed by atoms with Crippen LogP contribution in [0.1, 0.15) is 80.6 Å². The van der Waals surface area contributed by atoms with Gasteiger partial charge in [-0.15, -0.1) is 0 Å². The van der Waals surface area contributed by atoms with Gasteiger partial charge in [-0.25, -0.2) is 0 Å². The average Bonchev–Trinajstić information content (AvgIpc) is 3.26. The molecule has 7 rings (SSSR count). The summed E-state index contributed by atoms with van der Waals surface area (Å²) in [6.07, 6.45) is 12.2. The third-order valence-electron chi connectivity index (χ3n) is 8.78. The number of amides is 1. The van der Waals surface area contributed by atoms with Crippen molar-refractivity contribution in [3.8, 4) is 11.3 Å². The SMILES string of the molecule is CCCCCn1cc(C(=O)NC23CC4CC(CC(C4)C2)C3)c(=O)n2nc(-c3ccccc3C)cc12. The highest BCUT2D eigenvalue weighted by atomic mass is 16.2. The highest BCUT2D eigenvalue weighted by Crippen LogP contribution is 2.55. The average molecular weight is 473 g/mol. The third kappa shape index (κ3) is 4.01. The molecule has 0 atom stereocenters. The van der Waals surface area contributed by atoms with Crippen LogP contribution in [-0.2, 0) is 6.54 Å². The van der Waals surface area contributed by atoms with Gasteiger partial charge < -0.3 is 9.88 Å². The predicted molar refractivity (Wildman–Crippen MR) is 138 cm³/mol. The Kier molecular flexibility index (Phi) is 5.58. The van der Waals surface area contributed by atoms with E-state index >= 15 is 0 Å². The molecule has 1 amide bonds. The van der Waals surface area contributed by atoms with Gasteiger partial charge in [-0.05, 0) is 75.2 Å². The van der Waals surface area contributed by atoms with Crippen LogP contribution in [-0.4, -0.2) is 25.6 Å². The first kappa shape index (κ1) is 22.6. The topological polar surface area (TPSA) is 68.4 Å². The van der Waals surface area contributed by atoms with Crippen molar-refractivity contribution in [2.24, 2.45) is 17.8 Å². The van der Waals surface area contributed by atoms with Gasteiger partial charge in [0, 0.05) is 29.9 Å². The fourth-order valence-corrected chi connectivity index (χ4v) is 7.55. The van der Waals surface area contributed by atoms with E-state index < -0.39 is 0 Å². The maximum atomic E-state index is 13.6. The van der Waals surface area contributed by atoms with E-state index in [1.165, 1.54) is 23.8 Å². The van der Waals surface area contributed by atoms with Crippen LogP contribution < -0.4 is 10.9 Å². The normalized spacial score (nSPS) is 27.0. The second-order valence-corrected chi connectivity index (χ2v) is 11.5. The van der Waals surface area contributed by atoms with Gasteiger partial charge in [-0.2, -0.15) is 9.61 Å². The summed E-state index contributed by atoms with van der Waals surface area (Å²) in [5, 5.41) is 8.10. The van der Waals surface area contributed by atoms with Gasteiger partial charge in [-0.3, -0.25) is 9.59 Å². The van der Waals surface area contributed by atoms with Crippen LogP contribution >= 0.6 is 0 Å². The molecule has 1 aromatic carbocycles. The van der Waals surface area contributed by atoms with Crippen molar-refractivity contribution >= 4 is 11.6 Å². The van der Waals surface area contributed by atoms with E-state index in [1.54, 1.807) is 6.20 Å². The van der Waals surface area contributed by atoms with E-state index in [0.717, 1.165) is 85.3 Å². The summed E-state index contributed by atoms with van der Waals surface area (Å²) < 4.78 is 3.50. The number of benzene rings is 1. The van der Waals surface area contributed by atoms with Crippen LogP contribution in [0, 0.1) is 24.7 Å². The lowest BCUT2D eigenvalue weighted by Crippen LogP contribution is -2.60. The van der Waals surface area contributed by atoms with Gasteiger partial charge in [0.25, 0.3) is 11.5 Å². The number of hydrogen-bond donors (Lipinski definition) is 1. The van der Waals surface area contributed by atoms with Gasteiger partial charge in [0.15, 0.2) is 0 Å². The minimum atomic E-state index is -0.325. The quantitative estimate of drug-likeness (QED) is 0.471. The molecule has 0 aliphatic heterocycles. The van der Waals surface area contributed by atoms with Gasteiger partial charge >= 0.3 is 0 Å². The zero-order chi connectivity index (χ0) is 24.2. The van der Waals surface area contributed by atoms with E-state index in [9.17, 15) is 9.59 Å². The summed E-state index contributed by atoms with van der Waals surface area (Å²) in [7, 11) is 0. The van der Waals surface area contributed by atoms with Crippen molar-refractivity contribution in [2.75, 3.05) is 0 Å². The van der Waals surface area contributed by atoms with Crippen LogP contribution in [0.15, 0.2) is 41.3 Å². The van der Waals surface area contributed by atoms with Crippen LogP contribution in [0.5, 0.6) is 0 Å². The number of aryl methyl sites for hydroxylation is 2. The second-order valence-electron chi connectivity index (χ2n) is 11.5. The van der Waals surface area contributed by atoms with E-state index in [0.29, 0.717) is 0 Å². The Morgan fingerprint density at radius 2 is 1.77 bits per heavy atom. The largest absolute Gasteiger partial charge is 0.346 e. The number of nitrogens with one attached hydrogen (secondary N) is 1. The molecule has 2 aromatic heterocycles. The fraction of sp³-hybridized carbons (Fsp3) is 0.552. The first-order chi connectivity index (χ1) is 16.9. The van der Waals surface area contributed by atoms with E-state index in [-0.39, 0.29) is 22.6 Å². The number of hydrogen-bond acceptors (Lipinski definition) is 3. The fourth-order valence-electron chi connectivity index (χ4n) is 7.55. The molecule has 1 N–H and O–H groups in total. The summed E-state index contributed by atoms with van der Waals surface area (Å²) in [4.78, 5) is 27.2. The molecule has 4 saturated carbocycles. The number of rotatable bonds is 7. The van der Waals surface area contributed by atoms with Gasteiger partial charge in [0.05, 0.1) is 5.69 Å². The summed E-state index contributed by atoms with van der Waals surface area (Å²) in [6.45, 7) is 4.99. The number of carbonyl (C=O) groups excluding carboxylic acids is 1. The Labute approximate surface area is 206 Å². The van der Waals surface area contributed by atoms with Crippen molar-refractivity contribution < 1.29 is 4.79 Å². The lowest BCUT2D eigenvalue weighted by molar-refractivity contribution is -0.0167. The maximum Gasteiger partial charge on any atom is 0.287 e.